The molecule has 0 aliphatic heterocycles. The quantitative estimate of drug-likeness (QED) is 0.714. The molecule has 6 heteroatoms. The fraction of sp³-hybridized carbons (Fsp3) is 0.467. The average Bonchev–Trinajstić information content (AvgIpc) is 2.38. The van der Waals surface area contributed by atoms with Crippen molar-refractivity contribution in [2.75, 3.05) is 32.1 Å². The normalized spacial score (nSPS) is 10.9. The van der Waals surface area contributed by atoms with E-state index in [2.05, 4.69) is 5.32 Å². The highest BCUT2D eigenvalue weighted by molar-refractivity contribution is 7.80. The van der Waals surface area contributed by atoms with E-state index in [1.807, 2.05) is 25.8 Å². The van der Waals surface area contributed by atoms with E-state index in [-0.39, 0.29) is 12.0 Å². The van der Waals surface area contributed by atoms with Crippen molar-refractivity contribution < 1.29 is 9.53 Å². The SMILES string of the molecule is CC(C)OCCN(C)CC(=O)Nc1ccc(C(N)=S)cc1. The van der Waals surface area contributed by atoms with Crippen molar-refractivity contribution in [2.45, 2.75) is 20.0 Å². The Morgan fingerprint density at radius 2 is 2.00 bits per heavy atom. The lowest BCUT2D eigenvalue weighted by atomic mass is 10.2. The number of nitrogens with zero attached hydrogens (tertiary/aromatic N) is 1. The molecule has 0 unspecified atom stereocenters. The highest BCUT2D eigenvalue weighted by Crippen LogP contribution is 2.09. The lowest BCUT2D eigenvalue weighted by Gasteiger charge is -2.17. The first-order valence-electron chi connectivity index (χ1n) is 6.88. The minimum atomic E-state index is -0.0647. The Kier molecular flexibility index (Phi) is 7.28. The van der Waals surface area contributed by atoms with Crippen LogP contribution >= 0.6 is 12.2 Å². The number of benzene rings is 1. The summed E-state index contributed by atoms with van der Waals surface area (Å²) in [7, 11) is 1.89. The van der Waals surface area contributed by atoms with Gasteiger partial charge in [0.25, 0.3) is 0 Å². The van der Waals surface area contributed by atoms with Crippen LogP contribution in [0.25, 0.3) is 0 Å². The van der Waals surface area contributed by atoms with E-state index in [4.69, 9.17) is 22.7 Å². The van der Waals surface area contributed by atoms with Crippen molar-refractivity contribution in [1.29, 1.82) is 0 Å². The third kappa shape index (κ3) is 7.17. The van der Waals surface area contributed by atoms with Gasteiger partial charge in [0.1, 0.15) is 4.99 Å². The van der Waals surface area contributed by atoms with E-state index >= 15 is 0 Å². The molecular weight excluding hydrogens is 286 g/mol. The van der Waals surface area contributed by atoms with Crippen LogP contribution in [0.3, 0.4) is 0 Å². The number of nitrogens with two attached hydrogens (primary N) is 1. The maximum absolute atomic E-state index is 11.9. The van der Waals surface area contributed by atoms with Crippen LogP contribution in [-0.2, 0) is 9.53 Å². The van der Waals surface area contributed by atoms with Gasteiger partial charge in [-0.25, -0.2) is 0 Å². The Morgan fingerprint density at radius 1 is 1.38 bits per heavy atom. The number of hydrogen-bond donors (Lipinski definition) is 2. The number of anilines is 1. The van der Waals surface area contributed by atoms with Crippen LogP contribution in [0.2, 0.25) is 0 Å². The Labute approximate surface area is 131 Å². The molecule has 0 bridgehead atoms. The molecule has 1 amide bonds. The number of hydrogen-bond acceptors (Lipinski definition) is 4. The summed E-state index contributed by atoms with van der Waals surface area (Å²) in [6, 6.07) is 7.15. The first-order valence-corrected chi connectivity index (χ1v) is 7.29. The lowest BCUT2D eigenvalue weighted by Crippen LogP contribution is -2.33. The van der Waals surface area contributed by atoms with Crippen molar-refractivity contribution >= 4 is 28.8 Å². The van der Waals surface area contributed by atoms with Gasteiger partial charge in [-0.2, -0.15) is 0 Å². The number of ether oxygens (including phenoxy) is 1. The molecule has 0 aliphatic carbocycles. The van der Waals surface area contributed by atoms with Crippen molar-refractivity contribution in [2.24, 2.45) is 5.73 Å². The van der Waals surface area contributed by atoms with Gasteiger partial charge < -0.3 is 15.8 Å². The first kappa shape index (κ1) is 17.6. The molecule has 21 heavy (non-hydrogen) atoms. The van der Waals surface area contributed by atoms with Gasteiger partial charge in [-0.3, -0.25) is 9.69 Å². The lowest BCUT2D eigenvalue weighted by molar-refractivity contribution is -0.117. The third-order valence-corrected chi connectivity index (χ3v) is 3.03. The molecule has 0 saturated carbocycles. The molecule has 1 aromatic rings. The molecule has 0 radical (unpaired) electrons. The number of rotatable bonds is 8. The number of amides is 1. The van der Waals surface area contributed by atoms with Gasteiger partial charge >= 0.3 is 0 Å². The topological polar surface area (TPSA) is 67.6 Å². The standard InChI is InChI=1S/C15H23N3O2S/c1-11(2)20-9-8-18(3)10-14(19)17-13-6-4-12(5-7-13)15(16)21/h4-7,11H,8-10H2,1-3H3,(H2,16,21)(H,17,19). The van der Waals surface area contributed by atoms with E-state index in [1.165, 1.54) is 0 Å². The summed E-state index contributed by atoms with van der Waals surface area (Å²) in [6.07, 6.45) is 0.208. The zero-order chi connectivity index (χ0) is 15.8. The van der Waals surface area contributed by atoms with E-state index in [0.717, 1.165) is 11.3 Å². The van der Waals surface area contributed by atoms with Crippen LogP contribution in [0.15, 0.2) is 24.3 Å². The van der Waals surface area contributed by atoms with Crippen molar-refractivity contribution in [3.8, 4) is 0 Å². The van der Waals surface area contributed by atoms with Crippen molar-refractivity contribution in [3.63, 3.8) is 0 Å². The predicted molar refractivity (Wildman–Crippen MR) is 89.5 cm³/mol. The van der Waals surface area contributed by atoms with Gasteiger partial charge in [-0.05, 0) is 45.2 Å². The smallest absolute Gasteiger partial charge is 0.238 e. The molecule has 0 spiro atoms. The Bertz CT molecular complexity index is 474. The van der Waals surface area contributed by atoms with Gasteiger partial charge in [0.2, 0.25) is 5.91 Å². The number of thiocarbonyl (C=S) groups is 1. The molecule has 116 valence electrons. The summed E-state index contributed by atoms with van der Waals surface area (Å²) in [5.74, 6) is -0.0647. The fourth-order valence-corrected chi connectivity index (χ4v) is 1.82. The number of likely N-dealkylation sites (N-methyl/N-ethyl adjacent to an activating group) is 1. The van der Waals surface area contributed by atoms with Gasteiger partial charge in [-0.15, -0.1) is 0 Å². The molecule has 0 atom stereocenters. The third-order valence-electron chi connectivity index (χ3n) is 2.79. The molecule has 0 heterocycles. The maximum atomic E-state index is 11.9. The number of carbonyl (C=O) groups is 1. The molecule has 3 N–H and O–H groups in total. The second kappa shape index (κ2) is 8.71. The number of carbonyl (C=O) groups excluding carboxylic acids is 1. The Balaban J connectivity index is 2.37. The minimum Gasteiger partial charge on any atom is -0.389 e. The van der Waals surface area contributed by atoms with Gasteiger partial charge in [0.05, 0.1) is 19.3 Å². The van der Waals surface area contributed by atoms with Crippen LogP contribution in [0.5, 0.6) is 0 Å². The second-order valence-corrected chi connectivity index (χ2v) is 5.59. The maximum Gasteiger partial charge on any atom is 0.238 e. The van der Waals surface area contributed by atoms with E-state index in [0.29, 0.717) is 24.7 Å². The van der Waals surface area contributed by atoms with Gasteiger partial charge in [0.15, 0.2) is 0 Å². The monoisotopic (exact) mass is 309 g/mol. The van der Waals surface area contributed by atoms with Crippen LogP contribution in [0, 0.1) is 0 Å². The van der Waals surface area contributed by atoms with E-state index in [1.54, 1.807) is 24.3 Å². The molecule has 1 aromatic carbocycles. The zero-order valence-corrected chi connectivity index (χ0v) is 13.6. The summed E-state index contributed by atoms with van der Waals surface area (Å²) in [6.45, 7) is 5.63. The first-order chi connectivity index (χ1) is 9.88. The van der Waals surface area contributed by atoms with Gasteiger partial charge in [-0.1, -0.05) is 12.2 Å². The van der Waals surface area contributed by atoms with Crippen LogP contribution < -0.4 is 11.1 Å². The Morgan fingerprint density at radius 3 is 2.52 bits per heavy atom. The highest BCUT2D eigenvalue weighted by atomic mass is 32.1. The van der Waals surface area contributed by atoms with Crippen LogP contribution in [0.1, 0.15) is 19.4 Å². The molecule has 0 aromatic heterocycles. The van der Waals surface area contributed by atoms with Gasteiger partial charge in [0, 0.05) is 17.8 Å². The van der Waals surface area contributed by atoms with E-state index in [9.17, 15) is 4.79 Å². The molecule has 0 saturated heterocycles. The summed E-state index contributed by atoms with van der Waals surface area (Å²) in [4.78, 5) is 14.2. The molecule has 0 aliphatic rings. The molecule has 0 fully saturated rings. The average molecular weight is 309 g/mol. The van der Waals surface area contributed by atoms with Crippen molar-refractivity contribution in [3.05, 3.63) is 29.8 Å². The summed E-state index contributed by atoms with van der Waals surface area (Å²) in [5.41, 5.74) is 7.04. The second-order valence-electron chi connectivity index (χ2n) is 5.15. The summed E-state index contributed by atoms with van der Waals surface area (Å²) in [5, 5.41) is 2.83. The Hall–Kier alpha value is -1.50. The fourth-order valence-electron chi connectivity index (χ4n) is 1.69. The molecule has 5 nitrogen and oxygen atoms in total. The van der Waals surface area contributed by atoms with Crippen LogP contribution in [0.4, 0.5) is 5.69 Å². The predicted octanol–water partition coefficient (Wildman–Crippen LogP) is 1.62. The minimum absolute atomic E-state index is 0.0647. The summed E-state index contributed by atoms with van der Waals surface area (Å²) >= 11 is 4.88. The van der Waals surface area contributed by atoms with Crippen LogP contribution in [-0.4, -0.2) is 48.6 Å². The highest BCUT2D eigenvalue weighted by Gasteiger charge is 2.07. The summed E-state index contributed by atoms with van der Waals surface area (Å²) < 4.78 is 5.45. The molecular formula is C15H23N3O2S. The number of nitrogens with one attached hydrogen (secondary N) is 1. The largest absolute Gasteiger partial charge is 0.389 e. The zero-order valence-electron chi connectivity index (χ0n) is 12.8. The van der Waals surface area contributed by atoms with E-state index < -0.39 is 0 Å². The van der Waals surface area contributed by atoms with Crippen molar-refractivity contribution in [1.82, 2.24) is 4.90 Å². The molecule has 1 rings (SSSR count).